The number of nitrogens with zero attached hydrogens (tertiary/aromatic N) is 2. The lowest BCUT2D eigenvalue weighted by atomic mass is 9.98. The normalized spacial score (nSPS) is 17.2. The Balaban J connectivity index is 1.78. The molecule has 0 fully saturated rings. The summed E-state index contributed by atoms with van der Waals surface area (Å²) < 4.78 is 0. The Kier molecular flexibility index (Phi) is 4.35. The Bertz CT molecular complexity index is 755. The summed E-state index contributed by atoms with van der Waals surface area (Å²) in [5, 5.41) is 25.3. The van der Waals surface area contributed by atoms with Gasteiger partial charge in [-0.3, -0.25) is 10.4 Å². The third-order valence-electron chi connectivity index (χ3n) is 3.92. The van der Waals surface area contributed by atoms with E-state index in [2.05, 4.69) is 12.0 Å². The van der Waals surface area contributed by atoms with E-state index in [0.29, 0.717) is 23.8 Å². The third kappa shape index (κ3) is 3.37. The molecule has 1 aliphatic rings. The lowest BCUT2D eigenvalue weighted by molar-refractivity contribution is 0.446. The summed E-state index contributed by atoms with van der Waals surface area (Å²) in [5.74, 6) is 0.822. The Hall–Kier alpha value is -2.33. The van der Waals surface area contributed by atoms with Gasteiger partial charge >= 0.3 is 0 Å². The summed E-state index contributed by atoms with van der Waals surface area (Å²) >= 11 is 5.89. The van der Waals surface area contributed by atoms with E-state index < -0.39 is 0 Å². The Morgan fingerprint density at radius 2 is 1.96 bits per heavy atom. The number of halogens is 1. The maximum atomic E-state index is 10.0. The van der Waals surface area contributed by atoms with Crippen molar-refractivity contribution in [1.82, 2.24) is 5.01 Å². The fraction of sp³-hybridized carbons (Fsp3) is 0.222. The van der Waals surface area contributed by atoms with Gasteiger partial charge in [0.1, 0.15) is 11.6 Å². The number of rotatable bonds is 3. The number of phenolic OH excluding ortho intramolecular Hbond substituents is 1. The van der Waals surface area contributed by atoms with Gasteiger partial charge in [0.2, 0.25) is 0 Å². The van der Waals surface area contributed by atoms with E-state index in [4.69, 9.17) is 17.0 Å². The van der Waals surface area contributed by atoms with Crippen LogP contribution in [0.25, 0.3) is 0 Å². The summed E-state index contributed by atoms with van der Waals surface area (Å²) in [6, 6.07) is 14.7. The van der Waals surface area contributed by atoms with Gasteiger partial charge in [0.05, 0.1) is 12.3 Å². The molecule has 1 unspecified atom stereocenters. The van der Waals surface area contributed by atoms with Crippen LogP contribution in [0, 0.1) is 11.3 Å². The van der Waals surface area contributed by atoms with Crippen molar-refractivity contribution in [2.24, 2.45) is 11.0 Å². The highest BCUT2D eigenvalue weighted by Gasteiger charge is 2.27. The first kappa shape index (κ1) is 15.6. The summed E-state index contributed by atoms with van der Waals surface area (Å²) in [7, 11) is 0. The molecule has 3 rings (SSSR count). The average Bonchev–Trinajstić information content (AvgIpc) is 2.92. The molecule has 0 saturated heterocycles. The van der Waals surface area contributed by atoms with E-state index in [1.807, 2.05) is 36.4 Å². The number of benzene rings is 2. The molecule has 118 valence electrons. The quantitative estimate of drug-likeness (QED) is 0.663. The van der Waals surface area contributed by atoms with Gasteiger partial charge in [-0.05, 0) is 29.8 Å². The van der Waals surface area contributed by atoms with Gasteiger partial charge < -0.3 is 5.11 Å². The first-order valence-corrected chi connectivity index (χ1v) is 7.88. The molecular weight excluding hydrogens is 310 g/mol. The second kappa shape index (κ2) is 6.42. The number of aromatic hydroxyl groups is 1. The van der Waals surface area contributed by atoms with Crippen LogP contribution in [0.1, 0.15) is 18.1 Å². The van der Waals surface area contributed by atoms with Gasteiger partial charge in [-0.2, -0.15) is 5.10 Å². The molecule has 2 aromatic rings. The second-order valence-corrected chi connectivity index (χ2v) is 6.17. The fourth-order valence-corrected chi connectivity index (χ4v) is 2.81. The predicted molar refractivity (Wildman–Crippen MR) is 93.4 cm³/mol. The van der Waals surface area contributed by atoms with Crippen LogP contribution in [0.15, 0.2) is 53.6 Å². The molecule has 2 aromatic carbocycles. The van der Waals surface area contributed by atoms with Crippen molar-refractivity contribution in [3.63, 3.8) is 0 Å². The number of hydrazone groups is 1. The standard InChI is InChI=1S/C18H18ClN3O/c1-12-11-22(17(20)10-13-6-8-14(19)9-7-13)21-18(12)15-4-2-3-5-16(15)23/h2-9,12,20,23H,10-11H2,1H3. The van der Waals surface area contributed by atoms with Gasteiger partial charge in [-0.15, -0.1) is 0 Å². The van der Waals surface area contributed by atoms with Crippen molar-refractivity contribution in [3.05, 3.63) is 64.7 Å². The van der Waals surface area contributed by atoms with Crippen molar-refractivity contribution in [2.75, 3.05) is 6.54 Å². The average molecular weight is 328 g/mol. The molecule has 23 heavy (non-hydrogen) atoms. The number of amidine groups is 1. The number of hydrogen-bond donors (Lipinski definition) is 2. The maximum absolute atomic E-state index is 10.0. The van der Waals surface area contributed by atoms with Gasteiger partial charge in [0, 0.05) is 22.9 Å². The number of hydrogen-bond acceptors (Lipinski definition) is 3. The van der Waals surface area contributed by atoms with E-state index in [9.17, 15) is 5.11 Å². The van der Waals surface area contributed by atoms with Gasteiger partial charge in [0.15, 0.2) is 0 Å². The van der Waals surface area contributed by atoms with Gasteiger partial charge in [-0.25, -0.2) is 0 Å². The minimum Gasteiger partial charge on any atom is -0.507 e. The van der Waals surface area contributed by atoms with Crippen LogP contribution >= 0.6 is 11.6 Å². The Morgan fingerprint density at radius 3 is 2.65 bits per heavy atom. The first-order valence-electron chi connectivity index (χ1n) is 7.51. The zero-order valence-corrected chi connectivity index (χ0v) is 13.6. The largest absolute Gasteiger partial charge is 0.507 e. The molecule has 0 radical (unpaired) electrons. The zero-order chi connectivity index (χ0) is 16.4. The molecule has 4 nitrogen and oxygen atoms in total. The molecule has 2 N–H and O–H groups in total. The van der Waals surface area contributed by atoms with Crippen LogP contribution in [0.3, 0.4) is 0 Å². The second-order valence-electron chi connectivity index (χ2n) is 5.74. The fourth-order valence-electron chi connectivity index (χ4n) is 2.68. The minimum absolute atomic E-state index is 0.161. The van der Waals surface area contributed by atoms with Gasteiger partial charge in [-0.1, -0.05) is 42.8 Å². The number of nitrogens with one attached hydrogen (secondary N) is 1. The van der Waals surface area contributed by atoms with Crippen LogP contribution in [-0.2, 0) is 6.42 Å². The van der Waals surface area contributed by atoms with Crippen LogP contribution in [-0.4, -0.2) is 28.2 Å². The van der Waals surface area contributed by atoms with Crippen LogP contribution < -0.4 is 0 Å². The van der Waals surface area contributed by atoms with Crippen LogP contribution in [0.2, 0.25) is 5.02 Å². The molecule has 0 saturated carbocycles. The van der Waals surface area contributed by atoms with E-state index in [-0.39, 0.29) is 11.7 Å². The van der Waals surface area contributed by atoms with E-state index >= 15 is 0 Å². The molecule has 0 aliphatic carbocycles. The topological polar surface area (TPSA) is 59.7 Å². The monoisotopic (exact) mass is 327 g/mol. The van der Waals surface area contributed by atoms with Crippen LogP contribution in [0.5, 0.6) is 5.75 Å². The lowest BCUT2D eigenvalue weighted by Crippen LogP contribution is -2.26. The molecule has 0 aromatic heterocycles. The predicted octanol–water partition coefficient (Wildman–Crippen LogP) is 3.92. The first-order chi connectivity index (χ1) is 11.0. The molecule has 1 atom stereocenters. The van der Waals surface area contributed by atoms with E-state index in [1.54, 1.807) is 17.1 Å². The maximum Gasteiger partial charge on any atom is 0.124 e. The molecule has 0 bridgehead atoms. The molecule has 0 spiro atoms. The zero-order valence-electron chi connectivity index (χ0n) is 12.8. The van der Waals surface area contributed by atoms with Crippen molar-refractivity contribution < 1.29 is 5.11 Å². The van der Waals surface area contributed by atoms with E-state index in [0.717, 1.165) is 16.8 Å². The summed E-state index contributed by atoms with van der Waals surface area (Å²) in [4.78, 5) is 0. The van der Waals surface area contributed by atoms with Crippen molar-refractivity contribution >= 4 is 23.1 Å². The SMILES string of the molecule is CC1CN(C(=N)Cc2ccc(Cl)cc2)N=C1c1ccccc1O. The molecular formula is C18H18ClN3O. The molecule has 0 amide bonds. The summed E-state index contributed by atoms with van der Waals surface area (Å²) in [6.45, 7) is 2.71. The lowest BCUT2D eigenvalue weighted by Gasteiger charge is -2.15. The smallest absolute Gasteiger partial charge is 0.124 e. The molecule has 1 aliphatic heterocycles. The van der Waals surface area contributed by atoms with Crippen molar-refractivity contribution in [3.8, 4) is 5.75 Å². The van der Waals surface area contributed by atoms with E-state index in [1.165, 1.54) is 0 Å². The highest BCUT2D eigenvalue weighted by atomic mass is 35.5. The van der Waals surface area contributed by atoms with Crippen molar-refractivity contribution in [2.45, 2.75) is 13.3 Å². The molecule has 1 heterocycles. The highest BCUT2D eigenvalue weighted by molar-refractivity contribution is 6.30. The summed E-state index contributed by atoms with van der Waals surface area (Å²) in [5.41, 5.74) is 2.59. The van der Waals surface area contributed by atoms with Crippen LogP contribution in [0.4, 0.5) is 0 Å². The number of para-hydroxylation sites is 1. The van der Waals surface area contributed by atoms with Gasteiger partial charge in [0.25, 0.3) is 0 Å². The third-order valence-corrected chi connectivity index (χ3v) is 4.17. The Morgan fingerprint density at radius 1 is 1.26 bits per heavy atom. The molecule has 5 heteroatoms. The summed E-state index contributed by atoms with van der Waals surface area (Å²) in [6.07, 6.45) is 0.501. The number of phenols is 1. The van der Waals surface area contributed by atoms with Crippen molar-refractivity contribution in [1.29, 1.82) is 5.41 Å². The minimum atomic E-state index is 0.161. The Labute approximate surface area is 140 Å². The highest BCUT2D eigenvalue weighted by Crippen LogP contribution is 2.26.